The molecule has 0 aromatic rings. The number of hydrogen-bond acceptors (Lipinski definition) is 4. The van der Waals surface area contributed by atoms with Gasteiger partial charge in [-0.25, -0.2) is 0 Å². The molecule has 0 saturated heterocycles. The van der Waals surface area contributed by atoms with E-state index in [1.54, 1.807) is 6.92 Å². The summed E-state index contributed by atoms with van der Waals surface area (Å²) in [5.41, 5.74) is 10.2. The molecule has 0 aliphatic carbocycles. The lowest BCUT2D eigenvalue weighted by Crippen LogP contribution is -2.32. The van der Waals surface area contributed by atoms with Crippen LogP contribution in [0.25, 0.3) is 0 Å². The van der Waals surface area contributed by atoms with Gasteiger partial charge in [-0.2, -0.15) is 0 Å². The van der Waals surface area contributed by atoms with Crippen molar-refractivity contribution in [3.8, 4) is 0 Å². The van der Waals surface area contributed by atoms with Crippen LogP contribution in [-0.4, -0.2) is 37.6 Å². The number of carbonyl (C=O) groups excluding carboxylic acids is 2. The summed E-state index contributed by atoms with van der Waals surface area (Å²) in [6.07, 6.45) is 0.288. The molecule has 0 heterocycles. The number of hydrogen-bond donors (Lipinski definition) is 3. The van der Waals surface area contributed by atoms with Crippen molar-refractivity contribution in [1.29, 1.82) is 0 Å². The van der Waals surface area contributed by atoms with E-state index in [1.807, 2.05) is 0 Å². The molecule has 1 atom stereocenters. The van der Waals surface area contributed by atoms with E-state index in [9.17, 15) is 9.59 Å². The number of primary amides is 1. The maximum absolute atomic E-state index is 11.0. The third-order valence-corrected chi connectivity index (χ3v) is 1.32. The number of nitrogens with two attached hydrogens (primary N) is 2. The summed E-state index contributed by atoms with van der Waals surface area (Å²) in [7, 11) is 0. The molecule has 2 amide bonds. The second-order valence-corrected chi connectivity index (χ2v) is 3.05. The first-order valence-electron chi connectivity index (χ1n) is 4.40. The van der Waals surface area contributed by atoms with Crippen LogP contribution in [-0.2, 0) is 14.3 Å². The second kappa shape index (κ2) is 7.28. The van der Waals surface area contributed by atoms with Gasteiger partial charge in [-0.05, 0) is 6.92 Å². The monoisotopic (exact) mass is 203 g/mol. The molecular weight excluding hydrogens is 186 g/mol. The van der Waals surface area contributed by atoms with Crippen LogP contribution in [0.15, 0.2) is 0 Å². The average Bonchev–Trinajstić information content (AvgIpc) is 2.01. The minimum absolute atomic E-state index is 0.122. The van der Waals surface area contributed by atoms with Crippen molar-refractivity contribution in [2.75, 3.05) is 19.8 Å². The van der Waals surface area contributed by atoms with Crippen LogP contribution >= 0.6 is 0 Å². The topological polar surface area (TPSA) is 107 Å². The fourth-order valence-electron chi connectivity index (χ4n) is 0.800. The van der Waals surface area contributed by atoms with Gasteiger partial charge < -0.3 is 21.5 Å². The molecule has 6 nitrogen and oxygen atoms in total. The minimum Gasteiger partial charge on any atom is -0.370 e. The van der Waals surface area contributed by atoms with Crippen molar-refractivity contribution in [2.45, 2.75) is 19.4 Å². The highest BCUT2D eigenvalue weighted by Crippen LogP contribution is 1.84. The maximum atomic E-state index is 11.0. The molecule has 82 valence electrons. The normalized spacial score (nSPS) is 12.1. The smallest absolute Gasteiger partial charge is 0.243 e. The van der Waals surface area contributed by atoms with Crippen molar-refractivity contribution in [1.82, 2.24) is 5.32 Å². The number of carbonyl (C=O) groups is 2. The Balaban J connectivity index is 3.27. The molecule has 14 heavy (non-hydrogen) atoms. The summed E-state index contributed by atoms with van der Waals surface area (Å²) in [6.45, 7) is 2.26. The fourth-order valence-corrected chi connectivity index (χ4v) is 0.800. The lowest BCUT2D eigenvalue weighted by molar-refractivity contribution is -0.122. The zero-order valence-electron chi connectivity index (χ0n) is 8.29. The Kier molecular flexibility index (Phi) is 6.69. The highest BCUT2D eigenvalue weighted by molar-refractivity contribution is 5.76. The van der Waals surface area contributed by atoms with Crippen LogP contribution in [0, 0.1) is 0 Å². The van der Waals surface area contributed by atoms with Gasteiger partial charge in [0.1, 0.15) is 6.61 Å². The van der Waals surface area contributed by atoms with Crippen LogP contribution in [0.5, 0.6) is 0 Å². The molecule has 6 heteroatoms. The van der Waals surface area contributed by atoms with Crippen molar-refractivity contribution in [3.05, 3.63) is 0 Å². The summed E-state index contributed by atoms with van der Waals surface area (Å²) in [6, 6.07) is -0.151. The largest absolute Gasteiger partial charge is 0.370 e. The first-order valence-corrected chi connectivity index (χ1v) is 4.40. The molecule has 0 aromatic carbocycles. The zero-order chi connectivity index (χ0) is 11.0. The summed E-state index contributed by atoms with van der Waals surface area (Å²) in [5, 5.41) is 2.59. The first-order chi connectivity index (χ1) is 6.52. The molecule has 0 spiro atoms. The van der Waals surface area contributed by atoms with Crippen LogP contribution in [0.2, 0.25) is 0 Å². The Labute approximate surface area is 83.0 Å². The van der Waals surface area contributed by atoms with E-state index in [0.29, 0.717) is 6.54 Å². The van der Waals surface area contributed by atoms with Gasteiger partial charge in [-0.1, -0.05) is 0 Å². The van der Waals surface area contributed by atoms with Gasteiger partial charge in [0, 0.05) is 19.0 Å². The fraction of sp³-hybridized carbons (Fsp3) is 0.750. The standard InChI is InChI=1S/C8H17N3O3/c1-6(9)4-8(13)11-2-3-14-5-7(10)12/h6H,2-5,9H2,1H3,(H2,10,12)(H,11,13). The summed E-state index contributed by atoms with van der Waals surface area (Å²) in [4.78, 5) is 21.2. The summed E-state index contributed by atoms with van der Waals surface area (Å²) >= 11 is 0. The van der Waals surface area contributed by atoms with Crippen molar-refractivity contribution in [2.24, 2.45) is 11.5 Å². The van der Waals surface area contributed by atoms with Crippen LogP contribution < -0.4 is 16.8 Å². The first kappa shape index (κ1) is 12.9. The van der Waals surface area contributed by atoms with Gasteiger partial charge in [0.15, 0.2) is 0 Å². The van der Waals surface area contributed by atoms with Gasteiger partial charge in [0.2, 0.25) is 11.8 Å². The van der Waals surface area contributed by atoms with E-state index < -0.39 is 5.91 Å². The van der Waals surface area contributed by atoms with E-state index in [1.165, 1.54) is 0 Å². The second-order valence-electron chi connectivity index (χ2n) is 3.05. The Bertz CT molecular complexity index is 194. The van der Waals surface area contributed by atoms with E-state index in [2.05, 4.69) is 5.32 Å². The molecule has 0 bridgehead atoms. The molecule has 0 fully saturated rings. The number of ether oxygens (including phenoxy) is 1. The molecule has 1 unspecified atom stereocenters. The van der Waals surface area contributed by atoms with Crippen molar-refractivity contribution < 1.29 is 14.3 Å². The third-order valence-electron chi connectivity index (χ3n) is 1.32. The van der Waals surface area contributed by atoms with Crippen LogP contribution in [0.3, 0.4) is 0 Å². The Morgan fingerprint density at radius 3 is 2.64 bits per heavy atom. The van der Waals surface area contributed by atoms with Gasteiger partial charge in [0.05, 0.1) is 6.61 Å². The predicted molar refractivity (Wildman–Crippen MR) is 51.3 cm³/mol. The summed E-state index contributed by atoms with van der Waals surface area (Å²) < 4.78 is 4.83. The van der Waals surface area contributed by atoms with Gasteiger partial charge in [0.25, 0.3) is 0 Å². The average molecular weight is 203 g/mol. The quantitative estimate of drug-likeness (QED) is 0.430. The lowest BCUT2D eigenvalue weighted by Gasteiger charge is -2.06. The molecule has 0 saturated carbocycles. The molecular formula is C8H17N3O3. The van der Waals surface area contributed by atoms with Crippen LogP contribution in [0.4, 0.5) is 0 Å². The predicted octanol–water partition coefficient (Wildman–Crippen LogP) is -1.66. The number of nitrogens with one attached hydrogen (secondary N) is 1. The molecule has 0 aliphatic rings. The Hall–Kier alpha value is -1.14. The van der Waals surface area contributed by atoms with E-state index >= 15 is 0 Å². The van der Waals surface area contributed by atoms with Gasteiger partial charge in [-0.3, -0.25) is 9.59 Å². The summed E-state index contributed by atoms with van der Waals surface area (Å²) in [5.74, 6) is -0.644. The Morgan fingerprint density at radius 1 is 1.50 bits per heavy atom. The highest BCUT2D eigenvalue weighted by Gasteiger charge is 2.03. The van der Waals surface area contributed by atoms with E-state index in [0.717, 1.165) is 0 Å². The van der Waals surface area contributed by atoms with E-state index in [4.69, 9.17) is 16.2 Å². The number of amides is 2. The third kappa shape index (κ3) is 8.95. The van der Waals surface area contributed by atoms with E-state index in [-0.39, 0.29) is 31.6 Å². The maximum Gasteiger partial charge on any atom is 0.243 e. The lowest BCUT2D eigenvalue weighted by atomic mass is 10.2. The van der Waals surface area contributed by atoms with Gasteiger partial charge >= 0.3 is 0 Å². The number of rotatable bonds is 7. The molecule has 0 rings (SSSR count). The van der Waals surface area contributed by atoms with Gasteiger partial charge in [-0.15, -0.1) is 0 Å². The Morgan fingerprint density at radius 2 is 2.14 bits per heavy atom. The molecule has 0 radical (unpaired) electrons. The van der Waals surface area contributed by atoms with Crippen LogP contribution in [0.1, 0.15) is 13.3 Å². The molecule has 5 N–H and O–H groups in total. The van der Waals surface area contributed by atoms with Crippen molar-refractivity contribution >= 4 is 11.8 Å². The van der Waals surface area contributed by atoms with Crippen molar-refractivity contribution in [3.63, 3.8) is 0 Å². The molecule has 0 aliphatic heterocycles. The minimum atomic E-state index is -0.521. The molecule has 0 aromatic heterocycles. The SMILES string of the molecule is CC(N)CC(=O)NCCOCC(N)=O. The highest BCUT2D eigenvalue weighted by atomic mass is 16.5. The zero-order valence-corrected chi connectivity index (χ0v) is 8.29.